The molecule has 0 aliphatic carbocycles. The summed E-state index contributed by atoms with van der Waals surface area (Å²) in [6.07, 6.45) is 0.857. The van der Waals surface area contributed by atoms with Gasteiger partial charge in [-0.05, 0) is 30.0 Å². The molecule has 0 spiro atoms. The van der Waals surface area contributed by atoms with E-state index in [9.17, 15) is 4.79 Å². The first-order valence-corrected chi connectivity index (χ1v) is 10.2. The zero-order valence-corrected chi connectivity index (χ0v) is 15.7. The molecule has 4 aromatic rings. The van der Waals surface area contributed by atoms with E-state index >= 15 is 0 Å². The Morgan fingerprint density at radius 2 is 2.12 bits per heavy atom. The summed E-state index contributed by atoms with van der Waals surface area (Å²) in [5.74, 6) is 1.56. The highest BCUT2D eigenvalue weighted by atomic mass is 32.2. The first-order valence-electron chi connectivity index (χ1n) is 8.24. The number of thiophene rings is 1. The Bertz CT molecular complexity index is 1090. The first kappa shape index (κ1) is 17.0. The van der Waals surface area contributed by atoms with Gasteiger partial charge in [0, 0.05) is 17.5 Å². The second-order valence-corrected chi connectivity index (χ2v) is 7.40. The molecule has 1 aromatic carbocycles. The molecule has 0 aliphatic heterocycles. The van der Waals surface area contributed by atoms with Crippen LogP contribution in [0.3, 0.4) is 0 Å². The number of rotatable bonds is 6. The molecule has 3 heterocycles. The van der Waals surface area contributed by atoms with Crippen LogP contribution in [0, 0.1) is 0 Å². The smallest absolute Gasteiger partial charge is 0.262 e. The molecular formula is C18H16N4O2S2. The molecule has 0 radical (unpaired) electrons. The van der Waals surface area contributed by atoms with Gasteiger partial charge < -0.3 is 4.52 Å². The highest BCUT2D eigenvalue weighted by Gasteiger charge is 2.14. The monoisotopic (exact) mass is 384 g/mol. The topological polar surface area (TPSA) is 73.8 Å². The third kappa shape index (κ3) is 3.30. The van der Waals surface area contributed by atoms with Crippen molar-refractivity contribution < 1.29 is 4.52 Å². The lowest BCUT2D eigenvalue weighted by Gasteiger charge is -2.11. The lowest BCUT2D eigenvalue weighted by atomic mass is 10.2. The molecule has 0 fully saturated rings. The van der Waals surface area contributed by atoms with Gasteiger partial charge in [-0.3, -0.25) is 9.36 Å². The highest BCUT2D eigenvalue weighted by molar-refractivity contribution is 7.98. The maximum absolute atomic E-state index is 12.8. The first-order chi connectivity index (χ1) is 12.8. The second-order valence-electron chi connectivity index (χ2n) is 5.68. The van der Waals surface area contributed by atoms with Crippen molar-refractivity contribution in [3.05, 3.63) is 57.3 Å². The predicted molar refractivity (Wildman–Crippen MR) is 103 cm³/mol. The van der Waals surface area contributed by atoms with E-state index < -0.39 is 0 Å². The fraction of sp³-hybridized carbons (Fsp3) is 0.222. The molecule has 8 heteroatoms. The van der Waals surface area contributed by atoms with Crippen molar-refractivity contribution >= 4 is 34.0 Å². The molecule has 0 aliphatic rings. The van der Waals surface area contributed by atoms with Crippen molar-refractivity contribution in [2.75, 3.05) is 0 Å². The zero-order chi connectivity index (χ0) is 17.9. The van der Waals surface area contributed by atoms with Gasteiger partial charge >= 0.3 is 0 Å². The van der Waals surface area contributed by atoms with Crippen LogP contribution in [-0.2, 0) is 12.3 Å². The van der Waals surface area contributed by atoms with E-state index in [1.165, 1.54) is 11.8 Å². The van der Waals surface area contributed by atoms with Crippen molar-refractivity contribution in [1.82, 2.24) is 19.7 Å². The minimum Gasteiger partial charge on any atom is -0.338 e. The molecule has 6 nitrogen and oxygen atoms in total. The van der Waals surface area contributed by atoms with E-state index in [2.05, 4.69) is 15.1 Å². The van der Waals surface area contributed by atoms with Gasteiger partial charge in [0.1, 0.15) is 0 Å². The number of aromatic nitrogens is 4. The molecule has 26 heavy (non-hydrogen) atoms. The van der Waals surface area contributed by atoms with Crippen LogP contribution in [-0.4, -0.2) is 19.7 Å². The van der Waals surface area contributed by atoms with Crippen molar-refractivity contribution in [2.45, 2.75) is 30.8 Å². The normalized spacial score (nSPS) is 11.3. The van der Waals surface area contributed by atoms with Crippen LogP contribution in [0.15, 0.2) is 55.6 Å². The van der Waals surface area contributed by atoms with E-state index in [4.69, 9.17) is 4.52 Å². The maximum atomic E-state index is 12.8. The van der Waals surface area contributed by atoms with Crippen molar-refractivity contribution in [1.29, 1.82) is 0 Å². The third-order valence-corrected chi connectivity index (χ3v) is 5.49. The van der Waals surface area contributed by atoms with Gasteiger partial charge in [0.05, 0.1) is 16.7 Å². The molecule has 0 atom stereocenters. The predicted octanol–water partition coefficient (Wildman–Crippen LogP) is 4.21. The number of benzene rings is 1. The summed E-state index contributed by atoms with van der Waals surface area (Å²) >= 11 is 3.03. The molecule has 0 bridgehead atoms. The van der Waals surface area contributed by atoms with Gasteiger partial charge in [-0.2, -0.15) is 16.3 Å². The summed E-state index contributed by atoms with van der Waals surface area (Å²) in [4.78, 5) is 21.9. The fourth-order valence-electron chi connectivity index (χ4n) is 2.63. The second kappa shape index (κ2) is 7.43. The lowest BCUT2D eigenvalue weighted by Crippen LogP contribution is -2.23. The zero-order valence-electron chi connectivity index (χ0n) is 14.1. The Hall–Kier alpha value is -2.45. The van der Waals surface area contributed by atoms with Crippen molar-refractivity contribution in [3.63, 3.8) is 0 Å². The van der Waals surface area contributed by atoms with E-state index in [1.807, 2.05) is 48.0 Å². The Balaban J connectivity index is 1.62. The highest BCUT2D eigenvalue weighted by Crippen LogP contribution is 2.24. The number of hydrogen-bond acceptors (Lipinski definition) is 7. The van der Waals surface area contributed by atoms with Crippen LogP contribution in [0.25, 0.3) is 22.3 Å². The van der Waals surface area contributed by atoms with Crippen LogP contribution < -0.4 is 5.56 Å². The molecule has 0 saturated heterocycles. The van der Waals surface area contributed by atoms with Crippen LogP contribution >= 0.6 is 23.1 Å². The standard InChI is InChI=1S/C18H16N4O2S2/c1-2-8-22-17(23)13-5-3-4-6-14(13)19-18(22)26-11-15-20-16(21-24-15)12-7-9-25-10-12/h3-7,9-10H,2,8,11H2,1H3. The molecule has 3 aromatic heterocycles. The largest absolute Gasteiger partial charge is 0.338 e. The van der Waals surface area contributed by atoms with Crippen molar-refractivity contribution in [3.8, 4) is 11.4 Å². The Morgan fingerprint density at radius 1 is 1.23 bits per heavy atom. The summed E-state index contributed by atoms with van der Waals surface area (Å²) in [6, 6.07) is 9.38. The number of hydrogen-bond donors (Lipinski definition) is 0. The summed E-state index contributed by atoms with van der Waals surface area (Å²) in [7, 11) is 0. The van der Waals surface area contributed by atoms with Gasteiger partial charge in [-0.15, -0.1) is 0 Å². The van der Waals surface area contributed by atoms with Crippen molar-refractivity contribution in [2.24, 2.45) is 0 Å². The van der Waals surface area contributed by atoms with E-state index in [0.29, 0.717) is 40.1 Å². The number of thioether (sulfide) groups is 1. The van der Waals surface area contributed by atoms with Gasteiger partial charge in [0.15, 0.2) is 5.16 Å². The molecular weight excluding hydrogens is 368 g/mol. The van der Waals surface area contributed by atoms with Crippen LogP contribution in [0.1, 0.15) is 19.2 Å². The fourth-order valence-corrected chi connectivity index (χ4v) is 4.12. The SMILES string of the molecule is CCCn1c(SCc2nc(-c3ccsc3)no2)nc2ccccc2c1=O. The Morgan fingerprint density at radius 3 is 2.92 bits per heavy atom. The number of para-hydroxylation sites is 1. The van der Waals surface area contributed by atoms with E-state index in [-0.39, 0.29) is 5.56 Å². The maximum Gasteiger partial charge on any atom is 0.262 e. The Labute approximate surface area is 157 Å². The molecule has 0 unspecified atom stereocenters. The average Bonchev–Trinajstić information content (AvgIpc) is 3.34. The van der Waals surface area contributed by atoms with Gasteiger partial charge in [0.2, 0.25) is 11.7 Å². The summed E-state index contributed by atoms with van der Waals surface area (Å²) in [5, 5.41) is 9.28. The van der Waals surface area contributed by atoms with Gasteiger partial charge in [-0.25, -0.2) is 4.98 Å². The van der Waals surface area contributed by atoms with Crippen LogP contribution in [0.2, 0.25) is 0 Å². The summed E-state index contributed by atoms with van der Waals surface area (Å²) in [6.45, 7) is 2.67. The van der Waals surface area contributed by atoms with E-state index in [1.54, 1.807) is 15.9 Å². The summed E-state index contributed by atoms with van der Waals surface area (Å²) in [5.41, 5.74) is 1.64. The molecule has 132 valence electrons. The van der Waals surface area contributed by atoms with Crippen LogP contribution in [0.5, 0.6) is 0 Å². The van der Waals surface area contributed by atoms with Gasteiger partial charge in [-0.1, -0.05) is 36.0 Å². The minimum absolute atomic E-state index is 0.00978. The molecule has 0 N–H and O–H groups in total. The van der Waals surface area contributed by atoms with E-state index in [0.717, 1.165) is 12.0 Å². The minimum atomic E-state index is -0.00978. The number of nitrogens with zero attached hydrogens (tertiary/aromatic N) is 4. The van der Waals surface area contributed by atoms with Crippen LogP contribution in [0.4, 0.5) is 0 Å². The molecule has 0 amide bonds. The quantitative estimate of drug-likeness (QED) is 0.366. The summed E-state index contributed by atoms with van der Waals surface area (Å²) < 4.78 is 7.06. The lowest BCUT2D eigenvalue weighted by molar-refractivity contribution is 0.391. The van der Waals surface area contributed by atoms with Gasteiger partial charge in [0.25, 0.3) is 5.56 Å². The Kier molecular flexibility index (Phi) is 4.85. The molecule has 0 saturated carbocycles. The molecule has 4 rings (SSSR count). The average molecular weight is 384 g/mol. The number of fused-ring (bicyclic) bond motifs is 1. The third-order valence-electron chi connectivity index (χ3n) is 3.85.